The smallest absolute Gasteiger partial charge is 0.354 e. The molecule has 1 fully saturated rings. The topological polar surface area (TPSA) is 105 Å². The summed E-state index contributed by atoms with van der Waals surface area (Å²) in [6.45, 7) is 0. The van der Waals surface area contributed by atoms with Gasteiger partial charge in [0.05, 0.1) is 4.92 Å². The Morgan fingerprint density at radius 2 is 2.19 bits per heavy atom. The Morgan fingerprint density at radius 3 is 2.81 bits per heavy atom. The quantitative estimate of drug-likeness (QED) is 0.636. The maximum Gasteiger partial charge on any atom is 0.354 e. The van der Waals surface area contributed by atoms with E-state index < -0.39 is 10.9 Å². The van der Waals surface area contributed by atoms with Crippen molar-refractivity contribution >= 4 is 29.2 Å². The van der Waals surface area contributed by atoms with Gasteiger partial charge in [0, 0.05) is 17.4 Å². The molecule has 0 spiro atoms. The summed E-state index contributed by atoms with van der Waals surface area (Å²) in [4.78, 5) is 25.4. The molecule has 8 heteroatoms. The third-order valence-corrected chi connectivity index (χ3v) is 4.79. The Kier molecular flexibility index (Phi) is 5.00. The van der Waals surface area contributed by atoms with Crippen LogP contribution in [0.4, 0.5) is 11.5 Å². The molecule has 0 saturated heterocycles. The Morgan fingerprint density at radius 1 is 1.48 bits per heavy atom. The molecule has 0 aromatic carbocycles. The van der Waals surface area contributed by atoms with E-state index in [0.29, 0.717) is 5.25 Å². The summed E-state index contributed by atoms with van der Waals surface area (Å²) >= 11 is 1.72. The van der Waals surface area contributed by atoms with Crippen molar-refractivity contribution in [3.8, 4) is 0 Å². The molecule has 114 valence electrons. The number of nitro groups is 1. The minimum absolute atomic E-state index is 0.0471. The van der Waals surface area contributed by atoms with Crippen LogP contribution >= 0.6 is 11.8 Å². The highest BCUT2D eigenvalue weighted by Gasteiger charge is 2.27. The summed E-state index contributed by atoms with van der Waals surface area (Å²) in [5.41, 5.74) is -0.384. The first-order valence-corrected chi connectivity index (χ1v) is 7.99. The number of aromatic carboxylic acids is 1. The van der Waals surface area contributed by atoms with Crippen molar-refractivity contribution in [3.63, 3.8) is 0 Å². The van der Waals surface area contributed by atoms with Gasteiger partial charge < -0.3 is 10.4 Å². The number of carboxylic acids is 1. The fourth-order valence-corrected chi connectivity index (χ4v) is 3.48. The first-order valence-electron chi connectivity index (χ1n) is 6.71. The van der Waals surface area contributed by atoms with Crippen LogP contribution in [-0.2, 0) is 0 Å². The van der Waals surface area contributed by atoms with Gasteiger partial charge >= 0.3 is 11.7 Å². The molecule has 1 aliphatic carbocycles. The Hall–Kier alpha value is -1.83. The van der Waals surface area contributed by atoms with Gasteiger partial charge in [-0.2, -0.15) is 11.8 Å². The molecular formula is C13H17N3O4S. The van der Waals surface area contributed by atoms with Gasteiger partial charge in [0.25, 0.3) is 0 Å². The summed E-state index contributed by atoms with van der Waals surface area (Å²) in [5, 5.41) is 23.5. The molecule has 0 aliphatic heterocycles. The van der Waals surface area contributed by atoms with Crippen LogP contribution < -0.4 is 5.32 Å². The Balaban J connectivity index is 2.29. The SMILES string of the molecule is CSC1CCCCC1Nc1nc(C(=O)O)ccc1[N+](=O)[O-]. The predicted molar refractivity (Wildman–Crippen MR) is 81.0 cm³/mol. The molecule has 0 bridgehead atoms. The molecule has 0 radical (unpaired) electrons. The van der Waals surface area contributed by atoms with Crippen molar-refractivity contribution in [3.05, 3.63) is 27.9 Å². The number of thioether (sulfide) groups is 1. The highest BCUT2D eigenvalue weighted by molar-refractivity contribution is 7.99. The van der Waals surface area contributed by atoms with Crippen LogP contribution in [0.2, 0.25) is 0 Å². The molecule has 2 rings (SSSR count). The van der Waals surface area contributed by atoms with Crippen LogP contribution in [0.5, 0.6) is 0 Å². The summed E-state index contributed by atoms with van der Waals surface area (Å²) in [5.74, 6) is -1.15. The number of carboxylic acid groups (broad SMARTS) is 1. The molecular weight excluding hydrogens is 294 g/mol. The van der Waals surface area contributed by atoms with Gasteiger partial charge in [-0.05, 0) is 25.2 Å². The molecule has 1 aromatic heterocycles. The van der Waals surface area contributed by atoms with E-state index in [-0.39, 0.29) is 23.2 Å². The molecule has 21 heavy (non-hydrogen) atoms. The molecule has 2 N–H and O–H groups in total. The van der Waals surface area contributed by atoms with Gasteiger partial charge in [-0.15, -0.1) is 0 Å². The van der Waals surface area contributed by atoms with E-state index in [9.17, 15) is 14.9 Å². The maximum atomic E-state index is 11.1. The van der Waals surface area contributed by atoms with E-state index in [1.54, 1.807) is 11.8 Å². The standard InChI is InChI=1S/C13H17N3O4S/c1-21-11-5-3-2-4-8(11)14-12-10(16(19)20)7-6-9(15-12)13(17)18/h6-8,11H,2-5H2,1H3,(H,14,15)(H,17,18). The lowest BCUT2D eigenvalue weighted by Crippen LogP contribution is -2.34. The number of anilines is 1. The van der Waals surface area contributed by atoms with Crippen LogP contribution in [0.3, 0.4) is 0 Å². The van der Waals surface area contributed by atoms with E-state index in [1.807, 2.05) is 6.26 Å². The van der Waals surface area contributed by atoms with Crippen molar-refractivity contribution < 1.29 is 14.8 Å². The molecule has 7 nitrogen and oxygen atoms in total. The Bertz CT molecular complexity index is 552. The second-order valence-electron chi connectivity index (χ2n) is 4.94. The summed E-state index contributed by atoms with van der Waals surface area (Å²) in [7, 11) is 0. The second-order valence-corrected chi connectivity index (χ2v) is 6.01. The molecule has 1 aliphatic rings. The molecule has 1 aromatic rings. The molecule has 0 amide bonds. The lowest BCUT2D eigenvalue weighted by Gasteiger charge is -2.31. The van der Waals surface area contributed by atoms with E-state index in [1.165, 1.54) is 6.07 Å². The van der Waals surface area contributed by atoms with Crippen molar-refractivity contribution in [2.24, 2.45) is 0 Å². The fraction of sp³-hybridized carbons (Fsp3) is 0.538. The van der Waals surface area contributed by atoms with Gasteiger partial charge in [0.1, 0.15) is 0 Å². The zero-order valence-electron chi connectivity index (χ0n) is 11.6. The number of hydrogen-bond acceptors (Lipinski definition) is 6. The number of hydrogen-bond donors (Lipinski definition) is 2. The number of nitrogens with one attached hydrogen (secondary N) is 1. The zero-order valence-corrected chi connectivity index (χ0v) is 12.4. The highest BCUT2D eigenvalue weighted by atomic mass is 32.2. The second kappa shape index (κ2) is 6.75. The summed E-state index contributed by atoms with van der Waals surface area (Å²) < 4.78 is 0. The monoisotopic (exact) mass is 311 g/mol. The first kappa shape index (κ1) is 15.6. The zero-order chi connectivity index (χ0) is 15.4. The van der Waals surface area contributed by atoms with Crippen molar-refractivity contribution in [2.75, 3.05) is 11.6 Å². The van der Waals surface area contributed by atoms with Gasteiger partial charge in [-0.1, -0.05) is 12.8 Å². The normalized spacial score (nSPS) is 21.8. The summed E-state index contributed by atoms with van der Waals surface area (Å²) in [6, 6.07) is 2.41. The minimum Gasteiger partial charge on any atom is -0.477 e. The average Bonchev–Trinajstić information content (AvgIpc) is 2.47. The maximum absolute atomic E-state index is 11.1. The summed E-state index contributed by atoms with van der Waals surface area (Å²) in [6.07, 6.45) is 6.17. The van der Waals surface area contributed by atoms with Crippen LogP contribution in [0, 0.1) is 10.1 Å². The molecule has 2 atom stereocenters. The average molecular weight is 311 g/mol. The molecule has 2 unspecified atom stereocenters. The van der Waals surface area contributed by atoms with Gasteiger partial charge in [-0.3, -0.25) is 10.1 Å². The van der Waals surface area contributed by atoms with Crippen LogP contribution in [0.1, 0.15) is 36.2 Å². The van der Waals surface area contributed by atoms with Crippen LogP contribution in [0.25, 0.3) is 0 Å². The van der Waals surface area contributed by atoms with Gasteiger partial charge in [-0.25, -0.2) is 9.78 Å². The minimum atomic E-state index is -1.20. The number of rotatable bonds is 5. The van der Waals surface area contributed by atoms with Crippen molar-refractivity contribution in [1.29, 1.82) is 0 Å². The van der Waals surface area contributed by atoms with E-state index in [4.69, 9.17) is 5.11 Å². The van der Waals surface area contributed by atoms with E-state index >= 15 is 0 Å². The Labute approximate surface area is 126 Å². The third kappa shape index (κ3) is 3.63. The molecule has 1 heterocycles. The van der Waals surface area contributed by atoms with Crippen molar-refractivity contribution in [1.82, 2.24) is 4.98 Å². The predicted octanol–water partition coefficient (Wildman–Crippen LogP) is 2.77. The van der Waals surface area contributed by atoms with Crippen LogP contribution in [0.15, 0.2) is 12.1 Å². The molecule has 1 saturated carbocycles. The lowest BCUT2D eigenvalue weighted by molar-refractivity contribution is -0.384. The van der Waals surface area contributed by atoms with E-state index in [0.717, 1.165) is 31.7 Å². The number of nitrogens with zero attached hydrogens (tertiary/aromatic N) is 2. The van der Waals surface area contributed by atoms with E-state index in [2.05, 4.69) is 10.3 Å². The van der Waals surface area contributed by atoms with Gasteiger partial charge in [0.2, 0.25) is 5.82 Å². The van der Waals surface area contributed by atoms with Gasteiger partial charge in [0.15, 0.2) is 5.69 Å². The number of aromatic nitrogens is 1. The lowest BCUT2D eigenvalue weighted by atomic mass is 9.95. The van der Waals surface area contributed by atoms with Crippen LogP contribution in [-0.4, -0.2) is 38.5 Å². The highest BCUT2D eigenvalue weighted by Crippen LogP contribution is 2.31. The van der Waals surface area contributed by atoms with Crippen molar-refractivity contribution in [2.45, 2.75) is 37.0 Å². The first-order chi connectivity index (χ1) is 10.0. The largest absolute Gasteiger partial charge is 0.477 e. The fourth-order valence-electron chi connectivity index (χ4n) is 2.54. The number of carbonyl (C=O) groups is 1. The number of pyridine rings is 1. The third-order valence-electron chi connectivity index (χ3n) is 3.62.